The second kappa shape index (κ2) is 37.2. The summed E-state index contributed by atoms with van der Waals surface area (Å²) >= 11 is 0. The number of allylic oxidation sites excluding steroid dienone is 8. The van der Waals surface area contributed by atoms with Crippen LogP contribution in [0.15, 0.2) is 48.6 Å². The standard InChI is InChI=1S/C47H82O12S/c1-3-5-7-9-11-13-15-17-19-20-22-23-25-27-29-31-33-35-42(48)56-37-40(38-57-47-46(52)45(51)44(50)41(59-47)39-60(53,54)55)58-43(49)36-34-32-30-28-26-24-21-18-16-14-12-10-8-6-4-2/h11,13,17,19,22-23,26,28,40-41,44-47,50-52H,3-10,12,14-16,18,20-21,24-25,27,29-39H2,1-2H3,(H,53,54,55)/b13-11+,19-17+,23-22+,28-26+/t40-,41-,44-,45?,46?,47+/m1/s1. The minimum Gasteiger partial charge on any atom is -0.462 e. The van der Waals surface area contributed by atoms with Crippen LogP contribution < -0.4 is 0 Å². The fourth-order valence-corrected chi connectivity index (χ4v) is 7.43. The van der Waals surface area contributed by atoms with Gasteiger partial charge in [-0.05, 0) is 77.0 Å². The number of aliphatic hydroxyl groups is 3. The number of esters is 2. The van der Waals surface area contributed by atoms with Gasteiger partial charge in [-0.2, -0.15) is 8.42 Å². The Morgan fingerprint density at radius 3 is 1.57 bits per heavy atom. The predicted octanol–water partition coefficient (Wildman–Crippen LogP) is 9.56. The van der Waals surface area contributed by atoms with Crippen molar-refractivity contribution in [2.45, 2.75) is 218 Å². The number of hydrogen-bond donors (Lipinski definition) is 4. The van der Waals surface area contributed by atoms with Gasteiger partial charge in [0.1, 0.15) is 36.8 Å². The molecule has 0 aromatic carbocycles. The van der Waals surface area contributed by atoms with Gasteiger partial charge in [0.2, 0.25) is 0 Å². The molecule has 348 valence electrons. The van der Waals surface area contributed by atoms with Crippen LogP contribution in [0.4, 0.5) is 0 Å². The van der Waals surface area contributed by atoms with Crippen LogP contribution in [0, 0.1) is 0 Å². The van der Waals surface area contributed by atoms with E-state index in [0.717, 1.165) is 64.2 Å². The summed E-state index contributed by atoms with van der Waals surface area (Å²) in [6.07, 6.45) is 34.4. The Balaban J connectivity index is 2.47. The zero-order valence-corrected chi connectivity index (χ0v) is 37.9. The molecule has 2 unspecified atom stereocenters. The molecule has 0 aromatic heterocycles. The fourth-order valence-electron chi connectivity index (χ4n) is 6.74. The first kappa shape index (κ1) is 55.6. The highest BCUT2D eigenvalue weighted by Crippen LogP contribution is 2.24. The molecule has 60 heavy (non-hydrogen) atoms. The number of ether oxygens (including phenoxy) is 4. The highest BCUT2D eigenvalue weighted by molar-refractivity contribution is 7.85. The number of aliphatic hydroxyl groups excluding tert-OH is 3. The smallest absolute Gasteiger partial charge is 0.306 e. The zero-order chi connectivity index (χ0) is 44.1. The molecule has 6 atom stereocenters. The van der Waals surface area contributed by atoms with Crippen molar-refractivity contribution in [3.05, 3.63) is 48.6 Å². The van der Waals surface area contributed by atoms with Crippen LogP contribution in [-0.4, -0.2) is 96.0 Å². The number of carbonyl (C=O) groups is 2. The van der Waals surface area contributed by atoms with Gasteiger partial charge >= 0.3 is 11.9 Å². The van der Waals surface area contributed by atoms with E-state index in [-0.39, 0.29) is 19.4 Å². The van der Waals surface area contributed by atoms with E-state index in [4.69, 9.17) is 18.9 Å². The fraction of sp³-hybridized carbons (Fsp3) is 0.787. The summed E-state index contributed by atoms with van der Waals surface area (Å²) in [5.41, 5.74) is 0. The maximum atomic E-state index is 12.8. The lowest BCUT2D eigenvalue weighted by molar-refractivity contribution is -0.297. The Hall–Kier alpha value is -2.39. The molecule has 0 bridgehead atoms. The van der Waals surface area contributed by atoms with Crippen LogP contribution in [0.3, 0.4) is 0 Å². The monoisotopic (exact) mass is 871 g/mol. The van der Waals surface area contributed by atoms with Crippen LogP contribution in [0.2, 0.25) is 0 Å². The Morgan fingerprint density at radius 1 is 0.567 bits per heavy atom. The van der Waals surface area contributed by atoms with Gasteiger partial charge in [0.05, 0.1) is 6.61 Å². The van der Waals surface area contributed by atoms with E-state index in [0.29, 0.717) is 12.8 Å². The van der Waals surface area contributed by atoms with Gasteiger partial charge in [-0.15, -0.1) is 0 Å². The van der Waals surface area contributed by atoms with Crippen molar-refractivity contribution in [2.75, 3.05) is 19.0 Å². The predicted molar refractivity (Wildman–Crippen MR) is 238 cm³/mol. The van der Waals surface area contributed by atoms with Crippen LogP contribution in [0.25, 0.3) is 0 Å². The second-order valence-electron chi connectivity index (χ2n) is 16.1. The third-order valence-electron chi connectivity index (χ3n) is 10.4. The Labute approximate surface area is 363 Å². The molecule has 1 fully saturated rings. The van der Waals surface area contributed by atoms with E-state index >= 15 is 0 Å². The molecule has 0 radical (unpaired) electrons. The molecule has 1 aliphatic rings. The number of unbranched alkanes of at least 4 members (excludes halogenated alkanes) is 18. The van der Waals surface area contributed by atoms with Crippen molar-refractivity contribution in [2.24, 2.45) is 0 Å². The zero-order valence-electron chi connectivity index (χ0n) is 37.1. The largest absolute Gasteiger partial charge is 0.462 e. The molecule has 0 amide bonds. The van der Waals surface area contributed by atoms with E-state index < -0.39 is 71.2 Å². The summed E-state index contributed by atoms with van der Waals surface area (Å²) in [6, 6.07) is 0. The minimum atomic E-state index is -4.61. The molecule has 12 nitrogen and oxygen atoms in total. The quantitative estimate of drug-likeness (QED) is 0.0200. The minimum absolute atomic E-state index is 0.128. The number of hydrogen-bond acceptors (Lipinski definition) is 11. The summed E-state index contributed by atoms with van der Waals surface area (Å²) in [6.45, 7) is 3.69. The van der Waals surface area contributed by atoms with Crippen LogP contribution in [0.5, 0.6) is 0 Å². The first-order valence-electron chi connectivity index (χ1n) is 23.2. The molecule has 0 aromatic rings. The van der Waals surface area contributed by atoms with Crippen molar-refractivity contribution in [1.29, 1.82) is 0 Å². The van der Waals surface area contributed by atoms with E-state index in [1.165, 1.54) is 77.0 Å². The first-order chi connectivity index (χ1) is 29.0. The molecule has 1 saturated heterocycles. The summed E-state index contributed by atoms with van der Waals surface area (Å²) in [7, 11) is -4.61. The van der Waals surface area contributed by atoms with Gasteiger partial charge in [0.25, 0.3) is 10.1 Å². The molecule has 0 aliphatic carbocycles. The van der Waals surface area contributed by atoms with Gasteiger partial charge in [0.15, 0.2) is 12.4 Å². The SMILES string of the molecule is CCCCC/C=C/C/C=C/C/C=C/CCCCCCC(=O)OC[C@H](CO[C@H]1O[C@H](CS(=O)(=O)O)[C@@H](O)C(O)C1O)OC(=O)CCCC/C=C/CCCCCCCCCCC. The Morgan fingerprint density at radius 2 is 1.00 bits per heavy atom. The van der Waals surface area contributed by atoms with E-state index in [1.54, 1.807) is 0 Å². The molecular weight excluding hydrogens is 789 g/mol. The van der Waals surface area contributed by atoms with Crippen molar-refractivity contribution in [3.8, 4) is 0 Å². The molecule has 1 heterocycles. The molecule has 1 aliphatic heterocycles. The van der Waals surface area contributed by atoms with Gasteiger partial charge < -0.3 is 34.3 Å². The van der Waals surface area contributed by atoms with Crippen molar-refractivity contribution in [1.82, 2.24) is 0 Å². The molecule has 13 heteroatoms. The second-order valence-corrected chi connectivity index (χ2v) is 17.6. The lowest BCUT2D eigenvalue weighted by atomic mass is 10.00. The average Bonchev–Trinajstić information content (AvgIpc) is 3.21. The molecular formula is C47H82O12S. The maximum Gasteiger partial charge on any atom is 0.306 e. The molecule has 1 rings (SSSR count). The molecule has 4 N–H and O–H groups in total. The van der Waals surface area contributed by atoms with Gasteiger partial charge in [-0.25, -0.2) is 0 Å². The van der Waals surface area contributed by atoms with Gasteiger partial charge in [-0.1, -0.05) is 140 Å². The Bertz CT molecular complexity index is 1300. The van der Waals surface area contributed by atoms with Crippen molar-refractivity contribution >= 4 is 22.1 Å². The van der Waals surface area contributed by atoms with E-state index in [1.807, 2.05) is 0 Å². The number of carbonyl (C=O) groups excluding carboxylic acids is 2. The maximum absolute atomic E-state index is 12.8. The Kier molecular flexibility index (Phi) is 34.5. The molecule has 0 spiro atoms. The lowest BCUT2D eigenvalue weighted by Gasteiger charge is -2.40. The summed E-state index contributed by atoms with van der Waals surface area (Å²) in [5, 5.41) is 30.9. The van der Waals surface area contributed by atoms with Gasteiger partial charge in [0, 0.05) is 12.8 Å². The third-order valence-corrected chi connectivity index (χ3v) is 11.1. The van der Waals surface area contributed by atoms with E-state index in [9.17, 15) is 37.9 Å². The summed E-state index contributed by atoms with van der Waals surface area (Å²) in [4.78, 5) is 25.4. The average molecular weight is 871 g/mol. The highest BCUT2D eigenvalue weighted by Gasteiger charge is 2.46. The van der Waals surface area contributed by atoms with Crippen LogP contribution >= 0.6 is 0 Å². The summed E-state index contributed by atoms with van der Waals surface area (Å²) < 4.78 is 54.0. The number of rotatable bonds is 38. The van der Waals surface area contributed by atoms with Crippen LogP contribution in [0.1, 0.15) is 181 Å². The summed E-state index contributed by atoms with van der Waals surface area (Å²) in [5.74, 6) is -2.04. The van der Waals surface area contributed by atoms with E-state index in [2.05, 4.69) is 62.5 Å². The highest BCUT2D eigenvalue weighted by atomic mass is 32.2. The lowest BCUT2D eigenvalue weighted by Crippen LogP contribution is -2.60. The van der Waals surface area contributed by atoms with Crippen molar-refractivity contribution in [3.63, 3.8) is 0 Å². The van der Waals surface area contributed by atoms with Gasteiger partial charge in [-0.3, -0.25) is 14.1 Å². The topological polar surface area (TPSA) is 186 Å². The first-order valence-corrected chi connectivity index (χ1v) is 24.8. The third kappa shape index (κ3) is 31.5. The van der Waals surface area contributed by atoms with Crippen molar-refractivity contribution < 1.29 is 56.8 Å². The van der Waals surface area contributed by atoms with Crippen LogP contribution in [-0.2, 0) is 38.7 Å². The molecule has 0 saturated carbocycles. The normalized spacial score (nSPS) is 20.5.